The van der Waals surface area contributed by atoms with Gasteiger partial charge in [-0.05, 0) is 30.1 Å². The number of para-hydroxylation sites is 2. The molecule has 5 nitrogen and oxygen atoms in total. The Kier molecular flexibility index (Phi) is 5.52. The Morgan fingerprint density at radius 2 is 1.96 bits per heavy atom. The topological polar surface area (TPSA) is 48.5 Å². The fourth-order valence-corrected chi connectivity index (χ4v) is 4.76. The number of aromatic nitrogens is 1. The normalized spacial score (nSPS) is 15.1. The van der Waals surface area contributed by atoms with E-state index in [4.69, 9.17) is 0 Å². The van der Waals surface area contributed by atoms with Crippen molar-refractivity contribution in [3.63, 3.8) is 0 Å². The average molecular weight is 399 g/mol. The number of carbonyl (C=O) groups excluding carboxylic acids is 1. The van der Waals surface area contributed by atoms with Crippen molar-refractivity contribution in [1.82, 2.24) is 9.88 Å². The summed E-state index contributed by atoms with van der Waals surface area (Å²) in [6, 6.07) is 10.0. The summed E-state index contributed by atoms with van der Waals surface area (Å²) < 4.78 is 0. The summed E-state index contributed by atoms with van der Waals surface area (Å²) in [5.74, 6) is -0.160. The molecule has 1 fully saturated rings. The zero-order chi connectivity index (χ0) is 18.6. The Morgan fingerprint density at radius 3 is 2.70 bits per heavy atom. The van der Waals surface area contributed by atoms with E-state index in [-0.39, 0.29) is 5.91 Å². The van der Waals surface area contributed by atoms with Gasteiger partial charge < -0.3 is 15.1 Å². The molecule has 1 aliphatic heterocycles. The molecule has 4 rings (SSSR count). The molecule has 1 aliphatic rings. The zero-order valence-electron chi connectivity index (χ0n) is 15.2. The number of hydrogen-bond acceptors (Lipinski definition) is 6. The number of rotatable bonds is 5. The van der Waals surface area contributed by atoms with Gasteiger partial charge in [0.2, 0.25) is 0 Å². The molecule has 1 amide bonds. The average Bonchev–Trinajstić information content (AvgIpc) is 3.40. The van der Waals surface area contributed by atoms with Gasteiger partial charge in [-0.3, -0.25) is 4.79 Å². The maximum Gasteiger partial charge on any atom is 0.275 e. The quantitative estimate of drug-likeness (QED) is 0.697. The number of nitrogens with zero attached hydrogens (tertiary/aromatic N) is 3. The summed E-state index contributed by atoms with van der Waals surface area (Å²) in [5, 5.41) is 9.83. The maximum atomic E-state index is 12.7. The minimum Gasteiger partial charge on any atom is -0.367 e. The van der Waals surface area contributed by atoms with Gasteiger partial charge in [-0.2, -0.15) is 11.3 Å². The minimum absolute atomic E-state index is 0.160. The summed E-state index contributed by atoms with van der Waals surface area (Å²) in [4.78, 5) is 22.0. The van der Waals surface area contributed by atoms with Crippen LogP contribution in [-0.2, 0) is 0 Å². The van der Waals surface area contributed by atoms with Gasteiger partial charge >= 0.3 is 0 Å². The molecule has 3 heterocycles. The van der Waals surface area contributed by atoms with E-state index in [0.29, 0.717) is 5.69 Å². The molecule has 0 unspecified atom stereocenters. The van der Waals surface area contributed by atoms with Crippen molar-refractivity contribution in [2.45, 2.75) is 6.92 Å². The largest absolute Gasteiger partial charge is 0.367 e. The van der Waals surface area contributed by atoms with Crippen molar-refractivity contribution in [2.75, 3.05) is 42.9 Å². The van der Waals surface area contributed by atoms with Crippen LogP contribution in [0, 0.1) is 0 Å². The lowest BCUT2D eigenvalue weighted by molar-refractivity contribution is 0.102. The smallest absolute Gasteiger partial charge is 0.275 e. The fraction of sp³-hybridized carbons (Fsp3) is 0.300. The Hall–Kier alpha value is -2.22. The lowest BCUT2D eigenvalue weighted by Gasteiger charge is -2.36. The Morgan fingerprint density at radius 1 is 1.15 bits per heavy atom. The van der Waals surface area contributed by atoms with Crippen LogP contribution in [0.5, 0.6) is 0 Å². The molecule has 0 saturated carbocycles. The monoisotopic (exact) mass is 398 g/mol. The first kappa shape index (κ1) is 18.2. The van der Waals surface area contributed by atoms with E-state index < -0.39 is 0 Å². The van der Waals surface area contributed by atoms with Gasteiger partial charge in [0.05, 0.1) is 11.4 Å². The van der Waals surface area contributed by atoms with E-state index in [0.717, 1.165) is 54.7 Å². The standard InChI is InChI=1S/C20H22N4OS2/c1-2-23-8-10-24(11-9-23)18-6-4-3-5-16(18)21-19(25)17-14-27-20(22-17)15-7-12-26-13-15/h3-7,12-14H,2,8-11H2,1H3,(H,21,25). The molecule has 7 heteroatoms. The van der Waals surface area contributed by atoms with Crippen LogP contribution in [0.3, 0.4) is 0 Å². The summed E-state index contributed by atoms with van der Waals surface area (Å²) in [6.07, 6.45) is 0. The van der Waals surface area contributed by atoms with E-state index in [2.05, 4.69) is 33.1 Å². The number of hydrogen-bond donors (Lipinski definition) is 1. The van der Waals surface area contributed by atoms with Gasteiger partial charge in [0, 0.05) is 42.5 Å². The molecule has 1 N–H and O–H groups in total. The molecule has 0 bridgehead atoms. The third-order valence-electron chi connectivity index (χ3n) is 4.82. The highest BCUT2D eigenvalue weighted by molar-refractivity contribution is 7.14. The zero-order valence-corrected chi connectivity index (χ0v) is 16.9. The minimum atomic E-state index is -0.160. The Labute approximate surface area is 167 Å². The molecule has 0 radical (unpaired) electrons. The molecule has 0 atom stereocenters. The second-order valence-electron chi connectivity index (χ2n) is 6.44. The third-order valence-corrected chi connectivity index (χ3v) is 6.39. The van der Waals surface area contributed by atoms with Crippen LogP contribution in [-0.4, -0.2) is 48.5 Å². The molecule has 0 aliphatic carbocycles. The molecule has 27 heavy (non-hydrogen) atoms. The van der Waals surface area contributed by atoms with Crippen LogP contribution < -0.4 is 10.2 Å². The van der Waals surface area contributed by atoms with Crippen molar-refractivity contribution >= 4 is 40.0 Å². The second-order valence-corrected chi connectivity index (χ2v) is 8.08. The van der Waals surface area contributed by atoms with Crippen molar-refractivity contribution in [3.05, 3.63) is 52.2 Å². The molecular formula is C20H22N4OS2. The highest BCUT2D eigenvalue weighted by atomic mass is 32.1. The van der Waals surface area contributed by atoms with E-state index in [1.165, 1.54) is 11.3 Å². The highest BCUT2D eigenvalue weighted by Crippen LogP contribution is 2.29. The van der Waals surface area contributed by atoms with Crippen molar-refractivity contribution in [3.8, 4) is 10.6 Å². The van der Waals surface area contributed by atoms with Crippen LogP contribution in [0.2, 0.25) is 0 Å². The lowest BCUT2D eigenvalue weighted by atomic mass is 10.2. The molecule has 140 valence electrons. The molecule has 1 saturated heterocycles. The number of anilines is 2. The van der Waals surface area contributed by atoms with Crippen molar-refractivity contribution in [2.24, 2.45) is 0 Å². The number of amides is 1. The van der Waals surface area contributed by atoms with E-state index >= 15 is 0 Å². The number of carbonyl (C=O) groups is 1. The predicted molar refractivity (Wildman–Crippen MR) is 114 cm³/mol. The third kappa shape index (κ3) is 4.05. The number of thiophene rings is 1. The van der Waals surface area contributed by atoms with Gasteiger partial charge in [0.25, 0.3) is 5.91 Å². The van der Waals surface area contributed by atoms with Crippen molar-refractivity contribution < 1.29 is 4.79 Å². The first-order valence-corrected chi connectivity index (χ1v) is 10.9. The van der Waals surface area contributed by atoms with Gasteiger partial charge in [0.15, 0.2) is 0 Å². The van der Waals surface area contributed by atoms with Crippen LogP contribution in [0.4, 0.5) is 11.4 Å². The number of likely N-dealkylation sites (N-methyl/N-ethyl adjacent to an activating group) is 1. The highest BCUT2D eigenvalue weighted by Gasteiger charge is 2.20. The maximum absolute atomic E-state index is 12.7. The van der Waals surface area contributed by atoms with E-state index in [1.54, 1.807) is 11.3 Å². The van der Waals surface area contributed by atoms with E-state index in [9.17, 15) is 4.79 Å². The predicted octanol–water partition coefficient (Wildman–Crippen LogP) is 4.27. The molecule has 1 aromatic carbocycles. The fourth-order valence-electron chi connectivity index (χ4n) is 3.24. The molecular weight excluding hydrogens is 376 g/mol. The summed E-state index contributed by atoms with van der Waals surface area (Å²) in [7, 11) is 0. The number of nitrogens with one attached hydrogen (secondary N) is 1. The summed E-state index contributed by atoms with van der Waals surface area (Å²) in [6.45, 7) is 7.33. The SMILES string of the molecule is CCN1CCN(c2ccccc2NC(=O)c2csc(-c3ccsc3)n2)CC1. The van der Waals surface area contributed by atoms with Crippen LogP contribution in [0.25, 0.3) is 10.6 Å². The van der Waals surface area contributed by atoms with Gasteiger partial charge in [-0.1, -0.05) is 19.1 Å². The molecule has 2 aromatic heterocycles. The number of thiazole rings is 1. The first-order valence-electron chi connectivity index (χ1n) is 9.10. The second kappa shape index (κ2) is 8.21. The van der Waals surface area contributed by atoms with Crippen molar-refractivity contribution in [1.29, 1.82) is 0 Å². The Bertz CT molecular complexity index is 898. The van der Waals surface area contributed by atoms with Gasteiger partial charge in [0.1, 0.15) is 10.7 Å². The lowest BCUT2D eigenvalue weighted by Crippen LogP contribution is -2.46. The molecule has 0 spiro atoms. The Balaban J connectivity index is 1.49. The van der Waals surface area contributed by atoms with Gasteiger partial charge in [-0.25, -0.2) is 4.98 Å². The number of benzene rings is 1. The van der Waals surface area contributed by atoms with Crippen LogP contribution in [0.1, 0.15) is 17.4 Å². The van der Waals surface area contributed by atoms with Gasteiger partial charge in [-0.15, -0.1) is 11.3 Å². The first-order chi connectivity index (χ1) is 13.2. The van der Waals surface area contributed by atoms with Crippen LogP contribution in [0.15, 0.2) is 46.5 Å². The summed E-state index contributed by atoms with van der Waals surface area (Å²) in [5.41, 5.74) is 3.46. The van der Waals surface area contributed by atoms with Crippen LogP contribution >= 0.6 is 22.7 Å². The molecule has 3 aromatic rings. The number of piperazine rings is 1. The van der Waals surface area contributed by atoms with E-state index in [1.807, 2.05) is 40.4 Å². The summed E-state index contributed by atoms with van der Waals surface area (Å²) >= 11 is 3.13.